The first-order chi connectivity index (χ1) is 6.07. The molecule has 0 amide bonds. The van der Waals surface area contributed by atoms with Gasteiger partial charge in [-0.05, 0) is 5.76 Å². The maximum absolute atomic E-state index is 11.2. The molecule has 1 aliphatic heterocycles. The minimum absolute atomic E-state index is 0. The Morgan fingerprint density at radius 1 is 1.64 bits per heavy atom. The molecule has 14 heavy (non-hydrogen) atoms. The number of carbonyl (C=O) groups excluding carboxylic acids is 2. The molecular weight excluding hydrogens is 199 g/mol. The summed E-state index contributed by atoms with van der Waals surface area (Å²) in [5, 5.41) is 11.2. The van der Waals surface area contributed by atoms with Crippen molar-refractivity contribution in [3.8, 4) is 0 Å². The molecule has 0 aromatic carbocycles. The molecule has 0 aliphatic carbocycles. The van der Waals surface area contributed by atoms with E-state index in [4.69, 9.17) is 0 Å². The van der Waals surface area contributed by atoms with Crippen LogP contribution in [-0.4, -0.2) is 25.7 Å². The van der Waals surface area contributed by atoms with E-state index < -0.39 is 17.7 Å². The van der Waals surface area contributed by atoms with Gasteiger partial charge in [-0.2, -0.15) is 0 Å². The normalized spacial score (nSPS) is 23.6. The minimum Gasteiger partial charge on any atom is -0.867 e. The second kappa shape index (κ2) is 5.38. The van der Waals surface area contributed by atoms with Crippen LogP contribution in [0.2, 0.25) is 0 Å². The molecule has 1 rings (SSSR count). The van der Waals surface area contributed by atoms with Gasteiger partial charge in [0.2, 0.25) is 0 Å². The van der Waals surface area contributed by atoms with Crippen molar-refractivity contribution in [1.29, 1.82) is 0 Å². The van der Waals surface area contributed by atoms with Crippen LogP contribution in [0, 0.1) is 5.92 Å². The zero-order valence-corrected chi connectivity index (χ0v) is 10.3. The molecule has 72 valence electrons. The Balaban J connectivity index is 0.00000169. The third-order valence-electron chi connectivity index (χ3n) is 1.79. The van der Waals surface area contributed by atoms with Crippen LogP contribution in [0.25, 0.3) is 0 Å². The number of methoxy groups -OCH3 is 1. The molecule has 0 N–H and O–H groups in total. The van der Waals surface area contributed by atoms with Crippen molar-refractivity contribution >= 4 is 11.9 Å². The van der Waals surface area contributed by atoms with Crippen molar-refractivity contribution in [1.82, 2.24) is 0 Å². The number of esters is 2. The zero-order chi connectivity index (χ0) is 10.0. The summed E-state index contributed by atoms with van der Waals surface area (Å²) in [6.45, 7) is 1.79. The molecule has 0 saturated carbocycles. The topological polar surface area (TPSA) is 75.7 Å². The van der Waals surface area contributed by atoms with Gasteiger partial charge in [0, 0.05) is 11.5 Å². The van der Waals surface area contributed by atoms with Crippen LogP contribution < -0.4 is 34.7 Å². The summed E-state index contributed by atoms with van der Waals surface area (Å²) < 4.78 is 8.79. The van der Waals surface area contributed by atoms with Crippen LogP contribution in [0.15, 0.2) is 11.3 Å². The molecule has 1 unspecified atom stereocenters. The molecule has 5 nitrogen and oxygen atoms in total. The molecule has 0 aromatic rings. The fraction of sp³-hybridized carbons (Fsp3) is 0.500. The molecule has 1 atom stereocenters. The molecule has 6 heteroatoms. The Labute approximate surface area is 103 Å². The number of carbonyl (C=O) groups is 2. The molecule has 0 bridgehead atoms. The van der Waals surface area contributed by atoms with Crippen LogP contribution in [0.5, 0.6) is 0 Å². The van der Waals surface area contributed by atoms with Crippen LogP contribution >= 0.6 is 0 Å². The quantitative estimate of drug-likeness (QED) is 0.190. The summed E-state index contributed by atoms with van der Waals surface area (Å²) >= 11 is 0. The average molecular weight is 208 g/mol. The van der Waals surface area contributed by atoms with E-state index in [1.165, 1.54) is 0 Å². The molecular formula is C8H9NaO5. The van der Waals surface area contributed by atoms with E-state index in [2.05, 4.69) is 9.47 Å². The molecule has 1 saturated heterocycles. The van der Waals surface area contributed by atoms with Gasteiger partial charge in [-0.1, -0.05) is 6.92 Å². The van der Waals surface area contributed by atoms with Gasteiger partial charge in [-0.3, -0.25) is 0 Å². The average Bonchev–Trinajstić information content (AvgIpc) is 2.44. The zero-order valence-electron chi connectivity index (χ0n) is 8.33. The van der Waals surface area contributed by atoms with E-state index in [1.807, 2.05) is 0 Å². The van der Waals surface area contributed by atoms with Crippen molar-refractivity contribution in [2.75, 3.05) is 13.7 Å². The number of hydrogen-bond donors (Lipinski definition) is 0. The van der Waals surface area contributed by atoms with Crippen molar-refractivity contribution in [3.63, 3.8) is 0 Å². The standard InChI is InChI=1S/C8H10O5.Na/c1-4-3-13-7(10)5(4)6(9)8(11)12-2;/h4,9H,3H2,1-2H3;/q;+1/p-1/b6-5-;. The third-order valence-corrected chi connectivity index (χ3v) is 1.79. The predicted octanol–water partition coefficient (Wildman–Crippen LogP) is -4.03. The van der Waals surface area contributed by atoms with Gasteiger partial charge in [0.1, 0.15) is 0 Å². The summed E-state index contributed by atoms with van der Waals surface area (Å²) in [5.74, 6) is -2.99. The van der Waals surface area contributed by atoms with Crippen molar-refractivity contribution < 1.29 is 53.7 Å². The van der Waals surface area contributed by atoms with E-state index in [-0.39, 0.29) is 47.7 Å². The van der Waals surface area contributed by atoms with E-state index in [1.54, 1.807) is 6.92 Å². The number of cyclic esters (lactones) is 1. The summed E-state index contributed by atoms with van der Waals surface area (Å²) in [4.78, 5) is 21.7. The van der Waals surface area contributed by atoms with E-state index in [0.717, 1.165) is 7.11 Å². The third kappa shape index (κ3) is 2.50. The fourth-order valence-electron chi connectivity index (χ4n) is 1.08. The Hall–Kier alpha value is -0.520. The molecule has 1 heterocycles. The van der Waals surface area contributed by atoms with Gasteiger partial charge in [-0.15, -0.1) is 0 Å². The van der Waals surface area contributed by atoms with Crippen molar-refractivity contribution in [3.05, 3.63) is 11.3 Å². The van der Waals surface area contributed by atoms with E-state index in [0.29, 0.717) is 0 Å². The number of rotatable bonds is 1. The minimum atomic E-state index is -1.03. The fourth-order valence-corrected chi connectivity index (χ4v) is 1.08. The van der Waals surface area contributed by atoms with Gasteiger partial charge < -0.3 is 14.6 Å². The molecule has 1 aliphatic rings. The van der Waals surface area contributed by atoms with Crippen LogP contribution in [0.4, 0.5) is 0 Å². The first-order valence-corrected chi connectivity index (χ1v) is 3.74. The van der Waals surface area contributed by atoms with Gasteiger partial charge in [0.25, 0.3) is 0 Å². The van der Waals surface area contributed by atoms with Crippen LogP contribution in [0.3, 0.4) is 0 Å². The first kappa shape index (κ1) is 13.5. The Kier molecular flexibility index (Phi) is 5.18. The first-order valence-electron chi connectivity index (χ1n) is 3.74. The van der Waals surface area contributed by atoms with Crippen molar-refractivity contribution in [2.45, 2.75) is 6.92 Å². The molecule has 1 fully saturated rings. The molecule has 0 spiro atoms. The summed E-state index contributed by atoms with van der Waals surface area (Å²) in [7, 11) is 1.09. The van der Waals surface area contributed by atoms with Gasteiger partial charge >= 0.3 is 41.5 Å². The largest absolute Gasteiger partial charge is 1.00 e. The van der Waals surface area contributed by atoms with Gasteiger partial charge in [0.05, 0.1) is 13.7 Å². The van der Waals surface area contributed by atoms with E-state index >= 15 is 0 Å². The maximum Gasteiger partial charge on any atom is 1.00 e. The second-order valence-corrected chi connectivity index (χ2v) is 2.73. The summed E-state index contributed by atoms with van der Waals surface area (Å²) in [5.41, 5.74) is -0.119. The van der Waals surface area contributed by atoms with Crippen LogP contribution in [-0.2, 0) is 19.1 Å². The SMILES string of the molecule is COC(=O)/C([O-])=C1/C(=O)OCC1C.[Na+]. The van der Waals surface area contributed by atoms with E-state index in [9.17, 15) is 14.7 Å². The Morgan fingerprint density at radius 3 is 2.57 bits per heavy atom. The molecule has 0 aromatic heterocycles. The summed E-state index contributed by atoms with van der Waals surface area (Å²) in [6.07, 6.45) is 0. The molecule has 0 radical (unpaired) electrons. The summed E-state index contributed by atoms with van der Waals surface area (Å²) in [6, 6.07) is 0. The van der Waals surface area contributed by atoms with Crippen molar-refractivity contribution in [2.24, 2.45) is 5.92 Å². The predicted molar refractivity (Wildman–Crippen MR) is 39.2 cm³/mol. The Bertz CT molecular complexity index is 283. The monoisotopic (exact) mass is 208 g/mol. The smallest absolute Gasteiger partial charge is 0.867 e. The second-order valence-electron chi connectivity index (χ2n) is 2.73. The number of hydrogen-bond acceptors (Lipinski definition) is 5. The van der Waals surface area contributed by atoms with Gasteiger partial charge in [0.15, 0.2) is 0 Å². The number of ether oxygens (including phenoxy) is 2. The Morgan fingerprint density at radius 2 is 2.21 bits per heavy atom. The maximum atomic E-state index is 11.2. The van der Waals surface area contributed by atoms with Crippen LogP contribution in [0.1, 0.15) is 6.92 Å². The van der Waals surface area contributed by atoms with Gasteiger partial charge in [-0.25, -0.2) is 9.59 Å².